The van der Waals surface area contributed by atoms with Crippen molar-refractivity contribution >= 4 is 0 Å². The molecule has 1 aromatic heterocycles. The van der Waals surface area contributed by atoms with Crippen molar-refractivity contribution in [1.82, 2.24) is 10.4 Å². The van der Waals surface area contributed by atoms with Gasteiger partial charge in [0, 0.05) is 24.9 Å². The molecule has 1 rings (SSSR count). The summed E-state index contributed by atoms with van der Waals surface area (Å²) < 4.78 is 35.9. The van der Waals surface area contributed by atoms with Crippen molar-refractivity contribution in [2.24, 2.45) is 5.84 Å². The van der Waals surface area contributed by atoms with Gasteiger partial charge in [-0.05, 0) is 37.0 Å². The fourth-order valence-corrected chi connectivity index (χ4v) is 1.60. The van der Waals surface area contributed by atoms with Crippen molar-refractivity contribution in [2.75, 3.05) is 0 Å². The summed E-state index contributed by atoms with van der Waals surface area (Å²) in [6.45, 7) is 0. The number of hydrogen-bond donors (Lipinski definition) is 2. The van der Waals surface area contributed by atoms with Crippen LogP contribution in [0.5, 0.6) is 0 Å². The predicted octanol–water partition coefficient (Wildman–Crippen LogP) is 2.19. The van der Waals surface area contributed by atoms with Gasteiger partial charge in [0.05, 0.1) is 0 Å². The maximum atomic E-state index is 12.0. The molecule has 0 spiro atoms. The standard InChI is InChI=1S/C11H16F3N3/c12-11(13,14)5-1-2-10(17-15)8-9-3-6-16-7-4-9/h3-4,6-7,10,17H,1-2,5,8,15H2. The number of nitrogens with zero attached hydrogens (tertiary/aromatic N) is 1. The number of hydrogen-bond acceptors (Lipinski definition) is 3. The second kappa shape index (κ2) is 6.56. The molecule has 3 nitrogen and oxygen atoms in total. The van der Waals surface area contributed by atoms with E-state index < -0.39 is 12.6 Å². The predicted molar refractivity (Wildman–Crippen MR) is 59.0 cm³/mol. The molecule has 17 heavy (non-hydrogen) atoms. The Hall–Kier alpha value is -1.14. The number of rotatable bonds is 6. The Labute approximate surface area is 98.2 Å². The van der Waals surface area contributed by atoms with E-state index in [0.717, 1.165) is 5.56 Å². The molecule has 0 aromatic carbocycles. The zero-order valence-corrected chi connectivity index (χ0v) is 9.37. The molecule has 0 amide bonds. The fraction of sp³-hybridized carbons (Fsp3) is 0.545. The van der Waals surface area contributed by atoms with Crippen LogP contribution in [0.15, 0.2) is 24.5 Å². The van der Waals surface area contributed by atoms with Crippen LogP contribution in [0, 0.1) is 0 Å². The largest absolute Gasteiger partial charge is 0.389 e. The Kier molecular flexibility index (Phi) is 5.37. The monoisotopic (exact) mass is 247 g/mol. The highest BCUT2D eigenvalue weighted by atomic mass is 19.4. The molecule has 0 aliphatic carbocycles. The summed E-state index contributed by atoms with van der Waals surface area (Å²) in [4.78, 5) is 3.87. The first-order valence-electron chi connectivity index (χ1n) is 5.43. The number of halogens is 3. The minimum Gasteiger partial charge on any atom is -0.271 e. The highest BCUT2D eigenvalue weighted by Crippen LogP contribution is 2.23. The Morgan fingerprint density at radius 1 is 1.29 bits per heavy atom. The molecule has 0 saturated heterocycles. The minimum atomic E-state index is -4.09. The van der Waals surface area contributed by atoms with E-state index in [9.17, 15) is 13.2 Å². The molecule has 0 radical (unpaired) electrons. The zero-order valence-electron chi connectivity index (χ0n) is 9.37. The van der Waals surface area contributed by atoms with Gasteiger partial charge in [0.15, 0.2) is 0 Å². The molecule has 3 N–H and O–H groups in total. The topological polar surface area (TPSA) is 50.9 Å². The molecule has 6 heteroatoms. The van der Waals surface area contributed by atoms with Gasteiger partial charge in [0.25, 0.3) is 0 Å². The van der Waals surface area contributed by atoms with Crippen LogP contribution < -0.4 is 11.3 Å². The SMILES string of the molecule is NNC(CCCC(F)(F)F)Cc1ccncc1. The second-order valence-corrected chi connectivity index (χ2v) is 3.93. The molecule has 1 aromatic rings. The molecule has 0 saturated carbocycles. The van der Waals surface area contributed by atoms with E-state index in [1.807, 2.05) is 12.1 Å². The van der Waals surface area contributed by atoms with E-state index >= 15 is 0 Å². The van der Waals surface area contributed by atoms with E-state index in [2.05, 4.69) is 10.4 Å². The Balaban J connectivity index is 2.34. The molecule has 1 heterocycles. The van der Waals surface area contributed by atoms with Crippen LogP contribution in [-0.2, 0) is 6.42 Å². The lowest BCUT2D eigenvalue weighted by atomic mass is 10.0. The third-order valence-electron chi connectivity index (χ3n) is 2.48. The van der Waals surface area contributed by atoms with Gasteiger partial charge in [-0.1, -0.05) is 0 Å². The van der Waals surface area contributed by atoms with E-state index in [4.69, 9.17) is 5.84 Å². The maximum Gasteiger partial charge on any atom is 0.389 e. The third kappa shape index (κ3) is 6.23. The highest BCUT2D eigenvalue weighted by molar-refractivity contribution is 5.11. The number of nitrogens with two attached hydrogens (primary N) is 1. The van der Waals surface area contributed by atoms with Crippen molar-refractivity contribution in [3.63, 3.8) is 0 Å². The average molecular weight is 247 g/mol. The van der Waals surface area contributed by atoms with E-state index in [0.29, 0.717) is 12.8 Å². The minimum absolute atomic E-state index is 0.0868. The van der Waals surface area contributed by atoms with E-state index in [1.165, 1.54) is 0 Å². The normalized spacial score (nSPS) is 13.6. The molecule has 1 atom stereocenters. The van der Waals surface area contributed by atoms with Gasteiger partial charge in [0.2, 0.25) is 0 Å². The van der Waals surface area contributed by atoms with Crippen LogP contribution in [0.2, 0.25) is 0 Å². The second-order valence-electron chi connectivity index (χ2n) is 3.93. The summed E-state index contributed by atoms with van der Waals surface area (Å²) in [6.07, 6.45) is -0.451. The summed E-state index contributed by atoms with van der Waals surface area (Å²) in [5.41, 5.74) is 3.56. The van der Waals surface area contributed by atoms with Crippen LogP contribution in [0.25, 0.3) is 0 Å². The lowest BCUT2D eigenvalue weighted by Crippen LogP contribution is -2.36. The first-order chi connectivity index (χ1) is 8.01. The van der Waals surface area contributed by atoms with Gasteiger partial charge in [-0.25, -0.2) is 0 Å². The molecular formula is C11H16F3N3. The Morgan fingerprint density at radius 3 is 2.47 bits per heavy atom. The number of nitrogens with one attached hydrogen (secondary N) is 1. The van der Waals surface area contributed by atoms with Gasteiger partial charge in [-0.3, -0.25) is 16.3 Å². The number of pyridine rings is 1. The Bertz CT molecular complexity index is 313. The molecule has 0 aliphatic rings. The highest BCUT2D eigenvalue weighted by Gasteiger charge is 2.26. The van der Waals surface area contributed by atoms with Gasteiger partial charge in [0.1, 0.15) is 0 Å². The van der Waals surface area contributed by atoms with E-state index in [1.54, 1.807) is 12.4 Å². The van der Waals surface area contributed by atoms with E-state index in [-0.39, 0.29) is 12.5 Å². The molecule has 0 aliphatic heterocycles. The van der Waals surface area contributed by atoms with Crippen LogP contribution in [0.3, 0.4) is 0 Å². The number of aromatic nitrogens is 1. The summed E-state index contributed by atoms with van der Waals surface area (Å²) in [5.74, 6) is 5.32. The number of alkyl halides is 3. The first-order valence-corrected chi connectivity index (χ1v) is 5.43. The fourth-order valence-electron chi connectivity index (χ4n) is 1.60. The summed E-state index contributed by atoms with van der Waals surface area (Å²) in [5, 5.41) is 0. The van der Waals surface area contributed by atoms with Crippen molar-refractivity contribution in [2.45, 2.75) is 37.9 Å². The summed E-state index contributed by atoms with van der Waals surface area (Å²) >= 11 is 0. The number of hydrazine groups is 1. The quantitative estimate of drug-likeness (QED) is 0.598. The van der Waals surface area contributed by atoms with Crippen LogP contribution in [0.1, 0.15) is 24.8 Å². The molecule has 96 valence electrons. The van der Waals surface area contributed by atoms with Crippen molar-refractivity contribution in [3.8, 4) is 0 Å². The molecular weight excluding hydrogens is 231 g/mol. The van der Waals surface area contributed by atoms with Gasteiger partial charge in [-0.15, -0.1) is 0 Å². The van der Waals surface area contributed by atoms with Crippen molar-refractivity contribution in [3.05, 3.63) is 30.1 Å². The van der Waals surface area contributed by atoms with Gasteiger partial charge < -0.3 is 0 Å². The zero-order chi connectivity index (χ0) is 12.7. The van der Waals surface area contributed by atoms with Crippen LogP contribution in [0.4, 0.5) is 13.2 Å². The third-order valence-corrected chi connectivity index (χ3v) is 2.48. The maximum absolute atomic E-state index is 12.0. The lowest BCUT2D eigenvalue weighted by Gasteiger charge is -2.16. The molecule has 1 unspecified atom stereocenters. The molecule has 0 fully saturated rings. The lowest BCUT2D eigenvalue weighted by molar-refractivity contribution is -0.135. The Morgan fingerprint density at radius 2 is 1.94 bits per heavy atom. The van der Waals surface area contributed by atoms with Gasteiger partial charge >= 0.3 is 6.18 Å². The first kappa shape index (κ1) is 13.9. The van der Waals surface area contributed by atoms with Crippen molar-refractivity contribution in [1.29, 1.82) is 0 Å². The van der Waals surface area contributed by atoms with Gasteiger partial charge in [-0.2, -0.15) is 13.2 Å². The van der Waals surface area contributed by atoms with Crippen LogP contribution >= 0.6 is 0 Å². The van der Waals surface area contributed by atoms with Crippen LogP contribution in [-0.4, -0.2) is 17.2 Å². The molecule has 0 bridgehead atoms. The smallest absolute Gasteiger partial charge is 0.271 e. The van der Waals surface area contributed by atoms with Crippen molar-refractivity contribution < 1.29 is 13.2 Å². The summed E-state index contributed by atoms with van der Waals surface area (Å²) in [6, 6.07) is 3.52. The average Bonchev–Trinajstić information content (AvgIpc) is 2.27. The summed E-state index contributed by atoms with van der Waals surface area (Å²) in [7, 11) is 0.